The minimum Gasteiger partial charge on any atom is -0.487 e. The summed E-state index contributed by atoms with van der Waals surface area (Å²) in [7, 11) is 0. The SMILES string of the molecule is OC[C@@H]1Cc2cc(F)ccc2O1. The molecule has 1 N–H and O–H groups in total. The summed E-state index contributed by atoms with van der Waals surface area (Å²) in [6.07, 6.45) is 0.408. The smallest absolute Gasteiger partial charge is 0.126 e. The number of halogens is 1. The summed E-state index contributed by atoms with van der Waals surface area (Å²) in [6.45, 7) is -0.0176. The van der Waals surface area contributed by atoms with E-state index in [1.807, 2.05) is 0 Å². The predicted molar refractivity (Wildman–Crippen MR) is 41.6 cm³/mol. The fraction of sp³-hybridized carbons (Fsp3) is 0.333. The molecular formula is C9H9FO2. The second-order valence-corrected chi connectivity index (χ2v) is 2.88. The second-order valence-electron chi connectivity index (χ2n) is 2.88. The zero-order valence-electron chi connectivity index (χ0n) is 6.46. The van der Waals surface area contributed by atoms with Crippen LogP contribution in [0.25, 0.3) is 0 Å². The molecule has 1 aromatic rings. The average Bonchev–Trinajstić information content (AvgIpc) is 2.46. The lowest BCUT2D eigenvalue weighted by atomic mass is 10.1. The highest BCUT2D eigenvalue weighted by atomic mass is 19.1. The first-order valence-corrected chi connectivity index (χ1v) is 3.85. The summed E-state index contributed by atoms with van der Waals surface area (Å²) in [4.78, 5) is 0. The van der Waals surface area contributed by atoms with E-state index in [4.69, 9.17) is 9.84 Å². The molecule has 0 fully saturated rings. The third kappa shape index (κ3) is 1.16. The second kappa shape index (κ2) is 2.75. The lowest BCUT2D eigenvalue weighted by Gasteiger charge is -2.04. The van der Waals surface area contributed by atoms with E-state index in [2.05, 4.69) is 0 Å². The van der Waals surface area contributed by atoms with Gasteiger partial charge in [0.25, 0.3) is 0 Å². The molecule has 1 aliphatic rings. The van der Waals surface area contributed by atoms with Gasteiger partial charge in [0.05, 0.1) is 6.61 Å². The quantitative estimate of drug-likeness (QED) is 0.681. The van der Waals surface area contributed by atoms with Crippen LogP contribution in [0.5, 0.6) is 5.75 Å². The van der Waals surface area contributed by atoms with Crippen LogP contribution in [0.4, 0.5) is 4.39 Å². The molecule has 0 spiro atoms. The van der Waals surface area contributed by atoms with Crippen molar-refractivity contribution in [1.29, 1.82) is 0 Å². The third-order valence-corrected chi connectivity index (χ3v) is 1.97. The zero-order chi connectivity index (χ0) is 8.55. The first-order valence-electron chi connectivity index (χ1n) is 3.85. The van der Waals surface area contributed by atoms with E-state index in [1.54, 1.807) is 6.07 Å². The summed E-state index contributed by atoms with van der Waals surface area (Å²) >= 11 is 0. The molecular weight excluding hydrogens is 159 g/mol. The number of ether oxygens (including phenoxy) is 1. The van der Waals surface area contributed by atoms with E-state index in [0.717, 1.165) is 5.56 Å². The third-order valence-electron chi connectivity index (χ3n) is 1.97. The summed E-state index contributed by atoms with van der Waals surface area (Å²) < 4.78 is 18.0. The number of rotatable bonds is 1. The number of benzene rings is 1. The van der Waals surface area contributed by atoms with Gasteiger partial charge in [-0.3, -0.25) is 0 Å². The largest absolute Gasteiger partial charge is 0.487 e. The van der Waals surface area contributed by atoms with E-state index in [9.17, 15) is 4.39 Å². The molecule has 0 amide bonds. The molecule has 0 saturated heterocycles. The van der Waals surface area contributed by atoms with Gasteiger partial charge >= 0.3 is 0 Å². The van der Waals surface area contributed by atoms with Gasteiger partial charge < -0.3 is 9.84 Å². The molecule has 0 aromatic heterocycles. The molecule has 2 rings (SSSR count). The van der Waals surface area contributed by atoms with Gasteiger partial charge in [0.15, 0.2) is 0 Å². The Kier molecular flexibility index (Phi) is 1.73. The Morgan fingerprint density at radius 2 is 2.42 bits per heavy atom. The first-order chi connectivity index (χ1) is 5.79. The van der Waals surface area contributed by atoms with Gasteiger partial charge in [-0.15, -0.1) is 0 Å². The van der Waals surface area contributed by atoms with Crippen molar-refractivity contribution in [3.63, 3.8) is 0 Å². The van der Waals surface area contributed by atoms with Crippen LogP contribution >= 0.6 is 0 Å². The lowest BCUT2D eigenvalue weighted by molar-refractivity contribution is 0.134. The number of fused-ring (bicyclic) bond motifs is 1. The zero-order valence-corrected chi connectivity index (χ0v) is 6.46. The molecule has 0 bridgehead atoms. The molecule has 3 heteroatoms. The maximum Gasteiger partial charge on any atom is 0.126 e. The van der Waals surface area contributed by atoms with Crippen molar-refractivity contribution >= 4 is 0 Å². The average molecular weight is 168 g/mol. The van der Waals surface area contributed by atoms with Gasteiger partial charge in [-0.25, -0.2) is 4.39 Å². The maximum absolute atomic E-state index is 12.7. The molecule has 0 aliphatic carbocycles. The number of aliphatic hydroxyl groups excluding tert-OH is 1. The standard InChI is InChI=1S/C9H9FO2/c10-7-1-2-9-6(3-7)4-8(5-11)12-9/h1-3,8,11H,4-5H2/t8-/m0/s1. The van der Waals surface area contributed by atoms with Gasteiger partial charge in [0, 0.05) is 12.0 Å². The molecule has 0 radical (unpaired) electrons. The van der Waals surface area contributed by atoms with Gasteiger partial charge in [-0.2, -0.15) is 0 Å². The van der Waals surface area contributed by atoms with Crippen molar-refractivity contribution in [2.45, 2.75) is 12.5 Å². The van der Waals surface area contributed by atoms with Crippen molar-refractivity contribution in [2.24, 2.45) is 0 Å². The summed E-state index contributed by atoms with van der Waals surface area (Å²) in [5.41, 5.74) is 0.842. The molecule has 0 saturated carbocycles. The summed E-state index contributed by atoms with van der Waals surface area (Å²) in [5, 5.41) is 8.79. The Balaban J connectivity index is 2.30. The molecule has 1 heterocycles. The van der Waals surface area contributed by atoms with Crippen LogP contribution in [0.2, 0.25) is 0 Å². The number of aliphatic hydroxyl groups is 1. The van der Waals surface area contributed by atoms with Crippen molar-refractivity contribution in [3.05, 3.63) is 29.6 Å². The number of hydrogen-bond donors (Lipinski definition) is 1. The van der Waals surface area contributed by atoms with Crippen LogP contribution in [0.3, 0.4) is 0 Å². The van der Waals surface area contributed by atoms with Crippen LogP contribution in [0.15, 0.2) is 18.2 Å². The van der Waals surface area contributed by atoms with Crippen molar-refractivity contribution < 1.29 is 14.2 Å². The van der Waals surface area contributed by atoms with Crippen molar-refractivity contribution in [3.8, 4) is 5.75 Å². The lowest BCUT2D eigenvalue weighted by Crippen LogP contribution is -2.17. The normalized spacial score (nSPS) is 20.3. The van der Waals surface area contributed by atoms with E-state index >= 15 is 0 Å². The molecule has 12 heavy (non-hydrogen) atoms. The van der Waals surface area contributed by atoms with E-state index < -0.39 is 0 Å². The first kappa shape index (κ1) is 7.55. The van der Waals surface area contributed by atoms with Gasteiger partial charge in [0.2, 0.25) is 0 Å². The Hall–Kier alpha value is -1.09. The van der Waals surface area contributed by atoms with Crippen molar-refractivity contribution in [1.82, 2.24) is 0 Å². The van der Waals surface area contributed by atoms with Crippen LogP contribution in [0, 0.1) is 5.82 Å². The Bertz CT molecular complexity index is 299. The summed E-state index contributed by atoms with van der Waals surface area (Å²) in [5.74, 6) is 0.436. The van der Waals surface area contributed by atoms with E-state index in [1.165, 1.54) is 12.1 Å². The van der Waals surface area contributed by atoms with Gasteiger partial charge in [-0.1, -0.05) is 0 Å². The highest BCUT2D eigenvalue weighted by Crippen LogP contribution is 2.28. The van der Waals surface area contributed by atoms with Crippen LogP contribution in [-0.4, -0.2) is 17.8 Å². The topological polar surface area (TPSA) is 29.5 Å². The molecule has 1 atom stereocenters. The Labute approximate surface area is 69.6 Å². The minimum absolute atomic E-state index is 0.0176. The van der Waals surface area contributed by atoms with Crippen molar-refractivity contribution in [2.75, 3.05) is 6.61 Å². The molecule has 1 aromatic carbocycles. The van der Waals surface area contributed by atoms with Gasteiger partial charge in [0.1, 0.15) is 17.7 Å². The van der Waals surface area contributed by atoms with Crippen LogP contribution < -0.4 is 4.74 Å². The maximum atomic E-state index is 12.7. The Morgan fingerprint density at radius 3 is 3.17 bits per heavy atom. The predicted octanol–water partition coefficient (Wildman–Crippen LogP) is 1.12. The molecule has 2 nitrogen and oxygen atoms in total. The molecule has 0 unspecified atom stereocenters. The van der Waals surface area contributed by atoms with Crippen LogP contribution in [0.1, 0.15) is 5.56 Å². The van der Waals surface area contributed by atoms with Gasteiger partial charge in [-0.05, 0) is 18.2 Å². The highest BCUT2D eigenvalue weighted by molar-refractivity contribution is 5.37. The molecule has 64 valence electrons. The summed E-state index contributed by atoms with van der Waals surface area (Å²) in [6, 6.07) is 4.41. The van der Waals surface area contributed by atoms with E-state index in [0.29, 0.717) is 12.2 Å². The highest BCUT2D eigenvalue weighted by Gasteiger charge is 2.21. The molecule has 1 aliphatic heterocycles. The minimum atomic E-state index is -0.254. The fourth-order valence-corrected chi connectivity index (χ4v) is 1.39. The van der Waals surface area contributed by atoms with Crippen LogP contribution in [-0.2, 0) is 6.42 Å². The monoisotopic (exact) mass is 168 g/mol. The fourth-order valence-electron chi connectivity index (χ4n) is 1.39. The Morgan fingerprint density at radius 1 is 1.58 bits per heavy atom. The van der Waals surface area contributed by atoms with E-state index in [-0.39, 0.29) is 18.5 Å². The number of hydrogen-bond acceptors (Lipinski definition) is 2.